The molecule has 0 spiro atoms. The monoisotopic (exact) mass is 291 g/mol. The van der Waals surface area contributed by atoms with Gasteiger partial charge in [-0.3, -0.25) is 9.59 Å². The van der Waals surface area contributed by atoms with Crippen molar-refractivity contribution in [1.82, 2.24) is 10.6 Å². The van der Waals surface area contributed by atoms with Gasteiger partial charge < -0.3 is 21.5 Å². The minimum atomic E-state index is -1.30. The van der Waals surface area contributed by atoms with Crippen LogP contribution >= 0.6 is 0 Å². The van der Waals surface area contributed by atoms with E-state index in [0.29, 0.717) is 25.9 Å². The highest BCUT2D eigenvalue weighted by Gasteiger charge is 2.31. The van der Waals surface area contributed by atoms with Crippen LogP contribution in [0.5, 0.6) is 0 Å². The van der Waals surface area contributed by atoms with Crippen molar-refractivity contribution in [2.45, 2.75) is 31.5 Å². The van der Waals surface area contributed by atoms with Gasteiger partial charge in [-0.15, -0.1) is 0 Å². The zero-order valence-electron chi connectivity index (χ0n) is 11.8. The second-order valence-corrected chi connectivity index (χ2v) is 5.32. The molecule has 2 amide bonds. The molecule has 0 aliphatic carbocycles. The molecule has 1 aromatic carbocycles. The van der Waals surface area contributed by atoms with E-state index >= 15 is 0 Å². The van der Waals surface area contributed by atoms with Crippen LogP contribution in [0.2, 0.25) is 0 Å². The van der Waals surface area contributed by atoms with Gasteiger partial charge in [0.05, 0.1) is 0 Å². The highest BCUT2D eigenvalue weighted by atomic mass is 16.3. The Balaban J connectivity index is 1.79. The first-order chi connectivity index (χ1) is 10.1. The van der Waals surface area contributed by atoms with Gasteiger partial charge in [-0.05, 0) is 18.4 Å². The summed E-state index contributed by atoms with van der Waals surface area (Å²) in [6, 6.07) is 8.67. The number of carbonyl (C=O) groups is 2. The molecule has 1 aliphatic heterocycles. The lowest BCUT2D eigenvalue weighted by molar-refractivity contribution is -0.131. The van der Waals surface area contributed by atoms with Gasteiger partial charge in [-0.1, -0.05) is 30.3 Å². The fraction of sp³-hybridized carbons (Fsp3) is 0.467. The van der Waals surface area contributed by atoms with Crippen molar-refractivity contribution >= 4 is 11.8 Å². The fourth-order valence-electron chi connectivity index (χ4n) is 2.41. The molecule has 1 unspecified atom stereocenters. The summed E-state index contributed by atoms with van der Waals surface area (Å²) in [7, 11) is 0. The lowest BCUT2D eigenvalue weighted by atomic mass is 9.95. The van der Waals surface area contributed by atoms with Crippen molar-refractivity contribution in [3.63, 3.8) is 0 Å². The van der Waals surface area contributed by atoms with Gasteiger partial charge in [-0.2, -0.15) is 0 Å². The molecular weight excluding hydrogens is 270 g/mol. The third-order valence-electron chi connectivity index (χ3n) is 3.70. The number of nitrogens with one attached hydrogen (secondary N) is 2. The summed E-state index contributed by atoms with van der Waals surface area (Å²) in [6.45, 7) is 0.972. The van der Waals surface area contributed by atoms with E-state index in [0.717, 1.165) is 5.56 Å². The standard InChI is InChI=1S/C15H21N3O3/c16-12(8-11-6-7-17-14(11)20)13(19)15(21)18-9-10-4-2-1-3-5-10/h1-5,11-13,19H,6-9,16H2,(H,17,20)(H,18,21)/t11-,12?,13-/m0/s1. The molecule has 0 saturated carbocycles. The van der Waals surface area contributed by atoms with Crippen LogP contribution in [0.4, 0.5) is 0 Å². The number of amides is 2. The molecule has 3 atom stereocenters. The summed E-state index contributed by atoms with van der Waals surface area (Å²) in [5.41, 5.74) is 6.78. The fourth-order valence-corrected chi connectivity index (χ4v) is 2.41. The highest BCUT2D eigenvalue weighted by molar-refractivity contribution is 5.82. The van der Waals surface area contributed by atoms with Crippen molar-refractivity contribution in [2.75, 3.05) is 6.54 Å². The van der Waals surface area contributed by atoms with Crippen molar-refractivity contribution in [3.8, 4) is 0 Å². The van der Waals surface area contributed by atoms with Crippen LogP contribution in [0.15, 0.2) is 30.3 Å². The summed E-state index contributed by atoms with van der Waals surface area (Å²) in [6.07, 6.45) is -0.293. The first-order valence-electron chi connectivity index (χ1n) is 7.11. The Labute approximate surface area is 123 Å². The summed E-state index contributed by atoms with van der Waals surface area (Å²) >= 11 is 0. The van der Waals surface area contributed by atoms with Crippen LogP contribution in [0.3, 0.4) is 0 Å². The number of carbonyl (C=O) groups excluding carboxylic acids is 2. The molecule has 114 valence electrons. The summed E-state index contributed by atoms with van der Waals surface area (Å²) in [5.74, 6) is -0.774. The molecule has 1 saturated heterocycles. The van der Waals surface area contributed by atoms with Gasteiger partial charge in [0.1, 0.15) is 6.10 Å². The number of aliphatic hydroxyl groups excluding tert-OH is 1. The van der Waals surface area contributed by atoms with E-state index in [4.69, 9.17) is 5.73 Å². The molecule has 0 bridgehead atoms. The Kier molecular flexibility index (Phi) is 5.30. The summed E-state index contributed by atoms with van der Waals surface area (Å²) < 4.78 is 0. The van der Waals surface area contributed by atoms with Gasteiger partial charge in [0.25, 0.3) is 5.91 Å². The van der Waals surface area contributed by atoms with Crippen molar-refractivity contribution in [2.24, 2.45) is 11.7 Å². The van der Waals surface area contributed by atoms with Gasteiger partial charge in [-0.25, -0.2) is 0 Å². The van der Waals surface area contributed by atoms with Gasteiger partial charge in [0.2, 0.25) is 5.91 Å². The molecule has 21 heavy (non-hydrogen) atoms. The quantitative estimate of drug-likeness (QED) is 0.568. The molecule has 2 rings (SSSR count). The van der Waals surface area contributed by atoms with E-state index in [2.05, 4.69) is 10.6 Å². The minimum absolute atomic E-state index is 0.0534. The molecule has 0 aromatic heterocycles. The van der Waals surface area contributed by atoms with E-state index in [1.807, 2.05) is 30.3 Å². The molecule has 6 nitrogen and oxygen atoms in total. The van der Waals surface area contributed by atoms with Crippen LogP contribution in [0, 0.1) is 5.92 Å². The predicted molar refractivity (Wildman–Crippen MR) is 78.0 cm³/mol. The first-order valence-corrected chi connectivity index (χ1v) is 7.11. The second kappa shape index (κ2) is 7.19. The number of rotatable bonds is 6. The van der Waals surface area contributed by atoms with Crippen LogP contribution in [-0.2, 0) is 16.1 Å². The maximum absolute atomic E-state index is 11.9. The molecule has 5 N–H and O–H groups in total. The Hall–Kier alpha value is -1.92. The Morgan fingerprint density at radius 3 is 2.76 bits per heavy atom. The van der Waals surface area contributed by atoms with Crippen LogP contribution in [0.1, 0.15) is 18.4 Å². The summed E-state index contributed by atoms with van der Waals surface area (Å²) in [4.78, 5) is 23.3. The van der Waals surface area contributed by atoms with Gasteiger partial charge in [0, 0.05) is 25.0 Å². The van der Waals surface area contributed by atoms with Crippen LogP contribution < -0.4 is 16.4 Å². The van der Waals surface area contributed by atoms with Crippen molar-refractivity contribution < 1.29 is 14.7 Å². The Morgan fingerprint density at radius 2 is 2.14 bits per heavy atom. The third kappa shape index (κ3) is 4.27. The maximum Gasteiger partial charge on any atom is 0.250 e. The molecule has 1 fully saturated rings. The molecular formula is C15H21N3O3. The lowest BCUT2D eigenvalue weighted by Gasteiger charge is -2.20. The third-order valence-corrected chi connectivity index (χ3v) is 3.70. The van der Waals surface area contributed by atoms with E-state index in [-0.39, 0.29) is 11.8 Å². The summed E-state index contributed by atoms with van der Waals surface area (Å²) in [5, 5.41) is 15.3. The van der Waals surface area contributed by atoms with Crippen molar-refractivity contribution in [1.29, 1.82) is 0 Å². The predicted octanol–water partition coefficient (Wildman–Crippen LogP) is -0.483. The number of benzene rings is 1. The van der Waals surface area contributed by atoms with Gasteiger partial charge >= 0.3 is 0 Å². The molecule has 6 heteroatoms. The number of aliphatic hydroxyl groups is 1. The number of nitrogens with two attached hydrogens (primary N) is 1. The Morgan fingerprint density at radius 1 is 1.43 bits per heavy atom. The van der Waals surface area contributed by atoms with E-state index in [9.17, 15) is 14.7 Å². The second-order valence-electron chi connectivity index (χ2n) is 5.32. The zero-order chi connectivity index (χ0) is 15.2. The van der Waals surface area contributed by atoms with E-state index in [1.165, 1.54) is 0 Å². The molecule has 1 heterocycles. The normalized spacial score (nSPS) is 20.7. The maximum atomic E-state index is 11.9. The van der Waals surface area contributed by atoms with E-state index < -0.39 is 18.1 Å². The van der Waals surface area contributed by atoms with Crippen molar-refractivity contribution in [3.05, 3.63) is 35.9 Å². The zero-order valence-corrected chi connectivity index (χ0v) is 11.8. The van der Waals surface area contributed by atoms with Crippen LogP contribution in [-0.4, -0.2) is 35.6 Å². The molecule has 0 radical (unpaired) electrons. The topological polar surface area (TPSA) is 104 Å². The average molecular weight is 291 g/mol. The smallest absolute Gasteiger partial charge is 0.250 e. The SMILES string of the molecule is NC(C[C@@H]1CCNC1=O)[C@H](O)C(=O)NCc1ccccc1. The minimum Gasteiger partial charge on any atom is -0.382 e. The Bertz CT molecular complexity index is 492. The molecule has 1 aromatic rings. The number of hydrogen-bond acceptors (Lipinski definition) is 4. The lowest BCUT2D eigenvalue weighted by Crippen LogP contribution is -2.47. The molecule has 1 aliphatic rings. The van der Waals surface area contributed by atoms with E-state index in [1.54, 1.807) is 0 Å². The highest BCUT2D eigenvalue weighted by Crippen LogP contribution is 2.16. The van der Waals surface area contributed by atoms with Crippen LogP contribution in [0.25, 0.3) is 0 Å². The number of hydrogen-bond donors (Lipinski definition) is 4. The first kappa shape index (κ1) is 15.5. The largest absolute Gasteiger partial charge is 0.382 e. The average Bonchev–Trinajstić information content (AvgIpc) is 2.90. The van der Waals surface area contributed by atoms with Gasteiger partial charge in [0.15, 0.2) is 0 Å².